The first-order chi connectivity index (χ1) is 7.65. The Balaban J connectivity index is 0.000000160. The number of carbonyl (C=O) groups is 1. The van der Waals surface area contributed by atoms with E-state index in [1.54, 1.807) is 22.7 Å². The second kappa shape index (κ2) is 7.75. The fourth-order valence-corrected chi connectivity index (χ4v) is 3.54. The highest BCUT2D eigenvalue weighted by atomic mass is 127. The molecule has 6 heteroatoms. The number of halogens is 2. The van der Waals surface area contributed by atoms with E-state index in [0.717, 1.165) is 20.3 Å². The van der Waals surface area contributed by atoms with Crippen LogP contribution in [0.3, 0.4) is 0 Å². The summed E-state index contributed by atoms with van der Waals surface area (Å²) in [5.41, 5.74) is 1.79. The molecule has 0 radical (unpaired) electrons. The summed E-state index contributed by atoms with van der Waals surface area (Å²) in [6.45, 7) is 0.166. The summed E-state index contributed by atoms with van der Waals surface area (Å²) in [6, 6.07) is 3.84. The fraction of sp³-hybridized carbons (Fsp3) is 0.100. The maximum Gasteiger partial charge on any atom is 0.150 e. The lowest BCUT2D eigenvalue weighted by Gasteiger charge is -1.79. The largest absolute Gasteiger partial charge is 0.392 e. The van der Waals surface area contributed by atoms with Crippen LogP contribution < -0.4 is 0 Å². The van der Waals surface area contributed by atoms with Crippen molar-refractivity contribution in [1.82, 2.24) is 0 Å². The van der Waals surface area contributed by atoms with Crippen LogP contribution in [0.4, 0.5) is 0 Å². The van der Waals surface area contributed by atoms with Gasteiger partial charge in [0.05, 0.1) is 12.4 Å². The van der Waals surface area contributed by atoms with Crippen molar-refractivity contribution in [3.8, 4) is 0 Å². The molecule has 0 spiro atoms. The summed E-state index contributed by atoms with van der Waals surface area (Å²) in [5, 5.41) is 12.4. The van der Waals surface area contributed by atoms with Gasteiger partial charge in [-0.05, 0) is 68.3 Å². The predicted molar refractivity (Wildman–Crippen MR) is 85.4 cm³/mol. The summed E-state index contributed by atoms with van der Waals surface area (Å²) in [6.07, 6.45) is 0.860. The first-order valence-electron chi connectivity index (χ1n) is 4.18. The van der Waals surface area contributed by atoms with Crippen LogP contribution in [0.5, 0.6) is 0 Å². The van der Waals surface area contributed by atoms with Gasteiger partial charge in [-0.25, -0.2) is 0 Å². The van der Waals surface area contributed by atoms with Gasteiger partial charge in [-0.3, -0.25) is 4.79 Å². The molecule has 2 aromatic heterocycles. The molecule has 0 saturated carbocycles. The monoisotopic (exact) mass is 478 g/mol. The Morgan fingerprint density at radius 1 is 1.19 bits per heavy atom. The molecule has 2 heterocycles. The molecule has 2 aromatic rings. The normalized spacial score (nSPS) is 9.44. The van der Waals surface area contributed by atoms with Gasteiger partial charge in [-0.2, -0.15) is 0 Å². The van der Waals surface area contributed by atoms with Crippen LogP contribution in [0.15, 0.2) is 22.9 Å². The van der Waals surface area contributed by atoms with Crippen molar-refractivity contribution in [2.75, 3.05) is 0 Å². The number of aliphatic hydroxyl groups is 1. The van der Waals surface area contributed by atoms with Crippen LogP contribution in [-0.2, 0) is 6.61 Å². The number of aliphatic hydroxyl groups excluding tert-OH is 1. The van der Waals surface area contributed by atoms with E-state index in [2.05, 4.69) is 45.2 Å². The van der Waals surface area contributed by atoms with Crippen LogP contribution in [0.25, 0.3) is 0 Å². The second-order valence-electron chi connectivity index (χ2n) is 2.72. The summed E-state index contributed by atoms with van der Waals surface area (Å²) in [5.74, 6) is 0. The topological polar surface area (TPSA) is 37.3 Å². The van der Waals surface area contributed by atoms with E-state index >= 15 is 0 Å². The summed E-state index contributed by atoms with van der Waals surface area (Å²) >= 11 is 7.66. The van der Waals surface area contributed by atoms with Gasteiger partial charge < -0.3 is 5.11 Å². The molecule has 0 aliphatic heterocycles. The molecule has 0 saturated heterocycles. The smallest absolute Gasteiger partial charge is 0.150 e. The van der Waals surface area contributed by atoms with Crippen molar-refractivity contribution in [1.29, 1.82) is 0 Å². The first kappa shape index (κ1) is 14.6. The highest BCUT2D eigenvalue weighted by molar-refractivity contribution is 14.1. The van der Waals surface area contributed by atoms with Crippen molar-refractivity contribution in [3.63, 3.8) is 0 Å². The van der Waals surface area contributed by atoms with E-state index in [9.17, 15) is 4.79 Å². The van der Waals surface area contributed by atoms with Crippen LogP contribution in [0.1, 0.15) is 15.9 Å². The lowest BCUT2D eigenvalue weighted by Crippen LogP contribution is -1.72. The molecule has 0 atom stereocenters. The third-order valence-electron chi connectivity index (χ3n) is 1.53. The molecule has 86 valence electrons. The maximum atomic E-state index is 10.0. The Morgan fingerprint density at radius 3 is 2.06 bits per heavy atom. The summed E-state index contributed by atoms with van der Waals surface area (Å²) in [4.78, 5) is 10.0. The van der Waals surface area contributed by atoms with Crippen molar-refractivity contribution in [3.05, 3.63) is 39.8 Å². The minimum atomic E-state index is 0.166. The molecular formula is C10H8I2O2S2. The standard InChI is InChI=1S/C5H5IOS.C5H3IOS/c2*6-5-1-4(2-7)3-8-5/h1,3,7H,2H2;1-3H. The van der Waals surface area contributed by atoms with Gasteiger partial charge in [0.1, 0.15) is 0 Å². The molecule has 0 amide bonds. The van der Waals surface area contributed by atoms with E-state index in [-0.39, 0.29) is 6.61 Å². The van der Waals surface area contributed by atoms with Gasteiger partial charge >= 0.3 is 0 Å². The second-order valence-corrected chi connectivity index (χ2v) is 8.33. The number of hydrogen-bond donors (Lipinski definition) is 1. The minimum absolute atomic E-state index is 0.166. The fourth-order valence-electron chi connectivity index (χ4n) is 0.814. The van der Waals surface area contributed by atoms with Crippen molar-refractivity contribution in [2.45, 2.75) is 6.61 Å². The average Bonchev–Trinajstić information content (AvgIpc) is 2.88. The molecule has 0 bridgehead atoms. The highest BCUT2D eigenvalue weighted by Gasteiger charge is 1.92. The average molecular weight is 478 g/mol. The molecule has 0 aliphatic rings. The van der Waals surface area contributed by atoms with Crippen LogP contribution >= 0.6 is 67.9 Å². The summed E-state index contributed by atoms with van der Waals surface area (Å²) in [7, 11) is 0. The van der Waals surface area contributed by atoms with Crippen LogP contribution in [0, 0.1) is 5.77 Å². The van der Waals surface area contributed by atoms with Gasteiger partial charge in [0.15, 0.2) is 6.29 Å². The lowest BCUT2D eigenvalue weighted by atomic mass is 10.4. The minimum Gasteiger partial charge on any atom is -0.392 e. The van der Waals surface area contributed by atoms with Gasteiger partial charge in [0.25, 0.3) is 0 Å². The Hall–Kier alpha value is 0.490. The molecule has 0 aliphatic carbocycles. The molecule has 2 nitrogen and oxygen atoms in total. The quantitative estimate of drug-likeness (QED) is 0.524. The third kappa shape index (κ3) is 5.21. The number of hydrogen-bond acceptors (Lipinski definition) is 4. The molecule has 1 N–H and O–H groups in total. The van der Waals surface area contributed by atoms with Crippen LogP contribution in [0.2, 0.25) is 0 Å². The zero-order valence-corrected chi connectivity index (χ0v) is 14.0. The van der Waals surface area contributed by atoms with E-state index in [4.69, 9.17) is 5.11 Å². The van der Waals surface area contributed by atoms with Crippen molar-refractivity contribution in [2.24, 2.45) is 0 Å². The van der Waals surface area contributed by atoms with Crippen LogP contribution in [-0.4, -0.2) is 11.4 Å². The highest BCUT2D eigenvalue weighted by Crippen LogP contribution is 2.16. The zero-order valence-electron chi connectivity index (χ0n) is 8.02. The Bertz CT molecular complexity index is 451. The van der Waals surface area contributed by atoms with Crippen molar-refractivity contribution < 1.29 is 9.90 Å². The lowest BCUT2D eigenvalue weighted by molar-refractivity contribution is 0.112. The van der Waals surface area contributed by atoms with E-state index < -0.39 is 0 Å². The third-order valence-corrected chi connectivity index (χ3v) is 5.17. The van der Waals surface area contributed by atoms with E-state index in [1.807, 2.05) is 22.9 Å². The predicted octanol–water partition coefficient (Wildman–Crippen LogP) is 4.01. The molecular weight excluding hydrogens is 470 g/mol. The summed E-state index contributed by atoms with van der Waals surface area (Å²) < 4.78 is 2.39. The molecule has 0 fully saturated rings. The Morgan fingerprint density at radius 2 is 1.81 bits per heavy atom. The van der Waals surface area contributed by atoms with E-state index in [1.165, 1.54) is 2.88 Å². The number of rotatable bonds is 2. The SMILES string of the molecule is O=Cc1csc(I)c1.OCc1csc(I)c1. The maximum absolute atomic E-state index is 10.0. The Labute approximate surface area is 129 Å². The van der Waals surface area contributed by atoms with Gasteiger partial charge in [0, 0.05) is 10.9 Å². The van der Waals surface area contributed by atoms with E-state index in [0.29, 0.717) is 0 Å². The van der Waals surface area contributed by atoms with Gasteiger partial charge in [-0.15, -0.1) is 22.7 Å². The van der Waals surface area contributed by atoms with Gasteiger partial charge in [-0.1, -0.05) is 0 Å². The molecule has 16 heavy (non-hydrogen) atoms. The molecule has 2 rings (SSSR count). The zero-order chi connectivity index (χ0) is 12.0. The first-order valence-corrected chi connectivity index (χ1v) is 8.10. The van der Waals surface area contributed by atoms with Crippen molar-refractivity contribution >= 4 is 74.1 Å². The number of aldehydes is 1. The molecule has 0 unspecified atom stereocenters. The molecule has 0 aromatic carbocycles. The number of thiophene rings is 2. The Kier molecular flexibility index (Phi) is 7.04. The number of carbonyl (C=O) groups excluding carboxylic acids is 1. The van der Waals surface area contributed by atoms with Gasteiger partial charge in [0.2, 0.25) is 0 Å².